The second-order valence-corrected chi connectivity index (χ2v) is 8.39. The van der Waals surface area contributed by atoms with Gasteiger partial charge in [-0.2, -0.15) is 4.31 Å². The highest BCUT2D eigenvalue weighted by Crippen LogP contribution is 2.37. The first kappa shape index (κ1) is 18.4. The number of sulfonamides is 1. The van der Waals surface area contributed by atoms with Crippen molar-refractivity contribution in [3.8, 4) is 11.1 Å². The first-order valence-corrected chi connectivity index (χ1v) is 10.0. The predicted octanol–water partition coefficient (Wildman–Crippen LogP) is 3.29. The predicted molar refractivity (Wildman–Crippen MR) is 102 cm³/mol. The topological polar surface area (TPSA) is 49.4 Å². The van der Waals surface area contributed by atoms with Gasteiger partial charge in [0, 0.05) is 24.2 Å². The molecule has 2 aliphatic rings. The number of benzene rings is 2. The molecule has 2 atom stereocenters. The summed E-state index contributed by atoms with van der Waals surface area (Å²) in [5.74, 6) is 0. The third-order valence-corrected chi connectivity index (χ3v) is 7.18. The summed E-state index contributed by atoms with van der Waals surface area (Å²) in [4.78, 5) is 0.426. The summed E-state index contributed by atoms with van der Waals surface area (Å²) in [6.07, 6.45) is 2.81. The molecule has 2 unspecified atom stereocenters. The van der Waals surface area contributed by atoms with Crippen LogP contribution in [0.1, 0.15) is 19.3 Å². The highest BCUT2D eigenvalue weighted by Gasteiger charge is 2.43. The molecule has 0 amide bonds. The minimum absolute atomic E-state index is 0. The summed E-state index contributed by atoms with van der Waals surface area (Å²) in [5, 5.41) is 3.37. The molecule has 25 heavy (non-hydrogen) atoms. The lowest BCUT2D eigenvalue weighted by molar-refractivity contribution is 0.334. The molecule has 2 saturated heterocycles. The van der Waals surface area contributed by atoms with Crippen LogP contribution in [0.15, 0.2) is 59.5 Å². The molecule has 2 heterocycles. The standard InChI is InChI=1S/C19H22N2O2S.ClH/c22-24(23,21-16-10-11-17(21)14-20-13-12-16)19-9-5-4-8-18(19)15-6-2-1-3-7-15;/h1-9,16-17,20H,10-14H2;1H. The first-order chi connectivity index (χ1) is 11.7. The van der Waals surface area contributed by atoms with E-state index in [1.165, 1.54) is 0 Å². The van der Waals surface area contributed by atoms with Crippen LogP contribution in [0, 0.1) is 0 Å². The molecule has 2 aliphatic heterocycles. The summed E-state index contributed by atoms with van der Waals surface area (Å²) >= 11 is 0. The van der Waals surface area contributed by atoms with Gasteiger partial charge in [0.1, 0.15) is 0 Å². The van der Waals surface area contributed by atoms with Crippen LogP contribution < -0.4 is 5.32 Å². The molecule has 2 aromatic carbocycles. The van der Waals surface area contributed by atoms with E-state index in [0.29, 0.717) is 4.90 Å². The van der Waals surface area contributed by atoms with Gasteiger partial charge in [0.25, 0.3) is 0 Å². The molecule has 0 radical (unpaired) electrons. The second kappa shape index (κ2) is 7.46. The quantitative estimate of drug-likeness (QED) is 0.891. The Morgan fingerprint density at radius 1 is 0.880 bits per heavy atom. The molecule has 0 saturated carbocycles. The molecule has 4 nitrogen and oxygen atoms in total. The van der Waals surface area contributed by atoms with Crippen LogP contribution in [0.5, 0.6) is 0 Å². The maximum atomic E-state index is 13.5. The molecule has 0 spiro atoms. The van der Waals surface area contributed by atoms with Gasteiger partial charge in [0.2, 0.25) is 10.0 Å². The zero-order valence-electron chi connectivity index (χ0n) is 14.0. The Morgan fingerprint density at radius 3 is 2.36 bits per heavy atom. The Bertz CT molecular complexity index is 812. The van der Waals surface area contributed by atoms with Crippen molar-refractivity contribution in [2.45, 2.75) is 36.2 Å². The van der Waals surface area contributed by atoms with Crippen LogP contribution in [0.2, 0.25) is 0 Å². The maximum Gasteiger partial charge on any atom is 0.244 e. The largest absolute Gasteiger partial charge is 0.315 e. The highest BCUT2D eigenvalue weighted by molar-refractivity contribution is 7.89. The number of halogens is 1. The minimum Gasteiger partial charge on any atom is -0.315 e. The fourth-order valence-electron chi connectivity index (χ4n) is 3.99. The molecule has 2 fully saturated rings. The first-order valence-electron chi connectivity index (χ1n) is 8.56. The molecule has 0 aliphatic carbocycles. The molecule has 2 bridgehead atoms. The van der Waals surface area contributed by atoms with E-state index in [-0.39, 0.29) is 24.5 Å². The van der Waals surface area contributed by atoms with Gasteiger partial charge in [0.05, 0.1) is 4.90 Å². The van der Waals surface area contributed by atoms with Gasteiger partial charge >= 0.3 is 0 Å². The van der Waals surface area contributed by atoms with E-state index in [0.717, 1.165) is 43.5 Å². The molecule has 1 N–H and O–H groups in total. The van der Waals surface area contributed by atoms with Crippen molar-refractivity contribution in [2.24, 2.45) is 0 Å². The Kier molecular flexibility index (Phi) is 5.49. The average Bonchev–Trinajstić information content (AvgIpc) is 2.89. The van der Waals surface area contributed by atoms with Gasteiger partial charge in [0.15, 0.2) is 0 Å². The number of nitrogens with zero attached hydrogens (tertiary/aromatic N) is 1. The number of hydrogen-bond acceptors (Lipinski definition) is 3. The van der Waals surface area contributed by atoms with E-state index in [1.54, 1.807) is 10.4 Å². The molecule has 0 aromatic heterocycles. The van der Waals surface area contributed by atoms with Crippen molar-refractivity contribution in [3.05, 3.63) is 54.6 Å². The third kappa shape index (κ3) is 3.34. The minimum atomic E-state index is -3.51. The fraction of sp³-hybridized carbons (Fsp3) is 0.368. The van der Waals surface area contributed by atoms with Gasteiger partial charge in [-0.25, -0.2) is 8.42 Å². The fourth-order valence-corrected chi connectivity index (χ4v) is 6.11. The van der Waals surface area contributed by atoms with Crippen molar-refractivity contribution in [2.75, 3.05) is 13.1 Å². The van der Waals surface area contributed by atoms with E-state index in [2.05, 4.69) is 5.32 Å². The second-order valence-electron chi connectivity index (χ2n) is 6.57. The summed E-state index contributed by atoms with van der Waals surface area (Å²) in [6, 6.07) is 17.3. The summed E-state index contributed by atoms with van der Waals surface area (Å²) < 4.78 is 28.8. The van der Waals surface area contributed by atoms with Crippen LogP contribution >= 0.6 is 12.4 Å². The molecule has 134 valence electrons. The smallest absolute Gasteiger partial charge is 0.244 e. The average molecular weight is 379 g/mol. The van der Waals surface area contributed by atoms with E-state index in [4.69, 9.17) is 0 Å². The van der Waals surface area contributed by atoms with Crippen LogP contribution in [0.4, 0.5) is 0 Å². The third-order valence-electron chi connectivity index (χ3n) is 5.11. The Hall–Kier alpha value is -1.40. The lowest BCUT2D eigenvalue weighted by Crippen LogP contribution is -2.42. The van der Waals surface area contributed by atoms with E-state index in [9.17, 15) is 8.42 Å². The van der Waals surface area contributed by atoms with Gasteiger partial charge in [-0.15, -0.1) is 12.4 Å². The summed E-state index contributed by atoms with van der Waals surface area (Å²) in [5.41, 5.74) is 1.73. The van der Waals surface area contributed by atoms with Crippen molar-refractivity contribution in [1.82, 2.24) is 9.62 Å². The number of hydrogen-bond donors (Lipinski definition) is 1. The zero-order valence-corrected chi connectivity index (χ0v) is 15.6. The summed E-state index contributed by atoms with van der Waals surface area (Å²) in [7, 11) is -3.51. The van der Waals surface area contributed by atoms with Crippen LogP contribution in [-0.4, -0.2) is 37.9 Å². The molecule has 4 rings (SSSR count). The SMILES string of the molecule is Cl.O=S(=O)(c1ccccc1-c1ccccc1)N1C2CCNCC1CC2. The van der Waals surface area contributed by atoms with Crippen LogP contribution in [0.3, 0.4) is 0 Å². The van der Waals surface area contributed by atoms with E-state index < -0.39 is 10.0 Å². The number of fused-ring (bicyclic) bond motifs is 2. The van der Waals surface area contributed by atoms with Crippen molar-refractivity contribution < 1.29 is 8.42 Å². The van der Waals surface area contributed by atoms with Gasteiger partial charge in [-0.1, -0.05) is 48.5 Å². The van der Waals surface area contributed by atoms with Crippen LogP contribution in [-0.2, 0) is 10.0 Å². The van der Waals surface area contributed by atoms with Crippen molar-refractivity contribution in [3.63, 3.8) is 0 Å². The van der Waals surface area contributed by atoms with Crippen molar-refractivity contribution in [1.29, 1.82) is 0 Å². The normalized spacial score (nSPS) is 23.7. The van der Waals surface area contributed by atoms with Gasteiger partial charge in [-0.05, 0) is 37.4 Å². The highest BCUT2D eigenvalue weighted by atomic mass is 35.5. The van der Waals surface area contributed by atoms with E-state index in [1.807, 2.05) is 48.5 Å². The maximum absolute atomic E-state index is 13.5. The lowest BCUT2D eigenvalue weighted by Gasteiger charge is -2.28. The Balaban J connectivity index is 0.00000182. The lowest BCUT2D eigenvalue weighted by atomic mass is 10.1. The molecular formula is C19H23ClN2O2S. The molecular weight excluding hydrogens is 356 g/mol. The van der Waals surface area contributed by atoms with Gasteiger partial charge < -0.3 is 5.32 Å². The molecule has 2 aromatic rings. The molecule has 6 heteroatoms. The van der Waals surface area contributed by atoms with Gasteiger partial charge in [-0.3, -0.25) is 0 Å². The number of nitrogens with one attached hydrogen (secondary N) is 1. The van der Waals surface area contributed by atoms with E-state index >= 15 is 0 Å². The summed E-state index contributed by atoms with van der Waals surface area (Å²) in [6.45, 7) is 1.65. The zero-order chi connectivity index (χ0) is 16.6. The van der Waals surface area contributed by atoms with Crippen LogP contribution in [0.25, 0.3) is 11.1 Å². The Morgan fingerprint density at radius 2 is 1.56 bits per heavy atom. The monoisotopic (exact) mass is 378 g/mol. The Labute approximate surface area is 155 Å². The van der Waals surface area contributed by atoms with Crippen molar-refractivity contribution >= 4 is 22.4 Å². The number of rotatable bonds is 3.